The number of aryl methyl sites for hydroxylation is 1. The van der Waals surface area contributed by atoms with Crippen molar-refractivity contribution in [2.24, 2.45) is 0 Å². The summed E-state index contributed by atoms with van der Waals surface area (Å²) in [6.45, 7) is 1.41. The molecule has 0 saturated carbocycles. The van der Waals surface area contributed by atoms with Gasteiger partial charge in [-0.05, 0) is 13.0 Å². The van der Waals surface area contributed by atoms with Gasteiger partial charge in [0.15, 0.2) is 20.2 Å². The number of sulfonamides is 1. The third-order valence-electron chi connectivity index (χ3n) is 2.40. The quantitative estimate of drug-likeness (QED) is 0.673. The molecule has 7 nitrogen and oxygen atoms in total. The second-order valence-corrected chi connectivity index (χ2v) is 7.30. The lowest BCUT2D eigenvalue weighted by Crippen LogP contribution is -2.15. The van der Waals surface area contributed by atoms with Gasteiger partial charge in [-0.25, -0.2) is 17.8 Å². The Morgan fingerprint density at radius 1 is 1.48 bits per heavy atom. The molecule has 0 fully saturated rings. The molecule has 0 unspecified atom stereocenters. The molecule has 1 heterocycles. The van der Waals surface area contributed by atoms with Crippen LogP contribution in [0, 0.1) is 22.9 Å². The van der Waals surface area contributed by atoms with Crippen molar-refractivity contribution in [1.82, 2.24) is 4.98 Å². The van der Waals surface area contributed by atoms with Crippen molar-refractivity contribution in [2.75, 3.05) is 4.72 Å². The lowest BCUT2D eigenvalue weighted by Gasteiger charge is -2.08. The largest absolute Gasteiger partial charge is 0.296 e. The van der Waals surface area contributed by atoms with E-state index < -0.39 is 32.1 Å². The van der Waals surface area contributed by atoms with E-state index in [2.05, 4.69) is 4.98 Å². The van der Waals surface area contributed by atoms with Crippen LogP contribution in [-0.4, -0.2) is 18.3 Å². The van der Waals surface area contributed by atoms with Crippen molar-refractivity contribution < 1.29 is 17.7 Å². The highest BCUT2D eigenvalue weighted by atomic mass is 35.5. The van der Waals surface area contributed by atoms with Crippen molar-refractivity contribution in [3.8, 4) is 0 Å². The molecule has 0 saturated heterocycles. The minimum absolute atomic E-state index is 0.00379. The first-order valence-corrected chi connectivity index (χ1v) is 7.99. The lowest BCUT2D eigenvalue weighted by atomic mass is 10.2. The van der Waals surface area contributed by atoms with Crippen molar-refractivity contribution in [1.29, 1.82) is 0 Å². The highest BCUT2D eigenvalue weighted by Crippen LogP contribution is 2.32. The first-order valence-electron chi connectivity index (χ1n) is 5.31. The first-order chi connectivity index (χ1) is 9.72. The molecule has 1 aromatic heterocycles. The third kappa shape index (κ3) is 3.12. The monoisotopic (exact) mass is 351 g/mol. The summed E-state index contributed by atoms with van der Waals surface area (Å²) < 4.78 is 39.7. The highest BCUT2D eigenvalue weighted by Gasteiger charge is 2.27. The average molecular weight is 352 g/mol. The summed E-state index contributed by atoms with van der Waals surface area (Å²) in [5.41, 5.74) is -1.30. The summed E-state index contributed by atoms with van der Waals surface area (Å²) in [5, 5.41) is 10.8. The topological polar surface area (TPSA) is 102 Å². The Morgan fingerprint density at radius 3 is 2.67 bits per heavy atom. The number of nitro groups is 1. The Morgan fingerprint density at radius 2 is 2.14 bits per heavy atom. The lowest BCUT2D eigenvalue weighted by molar-refractivity contribution is -0.384. The van der Waals surface area contributed by atoms with Crippen LogP contribution in [0.1, 0.15) is 5.69 Å². The highest BCUT2D eigenvalue weighted by molar-refractivity contribution is 7.94. The number of aromatic nitrogens is 1. The summed E-state index contributed by atoms with van der Waals surface area (Å²) in [6.07, 6.45) is 0. The van der Waals surface area contributed by atoms with Crippen LogP contribution in [0.25, 0.3) is 0 Å². The van der Waals surface area contributed by atoms with Crippen LogP contribution in [0.3, 0.4) is 0 Å². The zero-order valence-corrected chi connectivity index (χ0v) is 12.7. The van der Waals surface area contributed by atoms with E-state index in [9.17, 15) is 22.9 Å². The van der Waals surface area contributed by atoms with Gasteiger partial charge < -0.3 is 0 Å². The SMILES string of the molecule is Cc1nc(Cl)sc1S(=O)(=O)Nc1c(F)cccc1[N+](=O)[O-]. The Bertz CT molecular complexity index is 822. The number of halogens is 2. The van der Waals surface area contributed by atoms with Crippen LogP contribution < -0.4 is 4.72 Å². The van der Waals surface area contributed by atoms with Crippen LogP contribution >= 0.6 is 22.9 Å². The molecule has 0 atom stereocenters. The van der Waals surface area contributed by atoms with Gasteiger partial charge in [0.1, 0.15) is 0 Å². The molecule has 1 N–H and O–H groups in total. The molecule has 0 aliphatic rings. The number of para-hydroxylation sites is 1. The number of hydrogen-bond acceptors (Lipinski definition) is 6. The summed E-state index contributed by atoms with van der Waals surface area (Å²) in [5.74, 6) is -1.05. The van der Waals surface area contributed by atoms with Crippen LogP contribution in [0.15, 0.2) is 22.4 Å². The molecule has 11 heteroatoms. The second kappa shape index (κ2) is 5.54. The first kappa shape index (κ1) is 15.6. The van der Waals surface area contributed by atoms with E-state index in [4.69, 9.17) is 11.6 Å². The fraction of sp³-hybridized carbons (Fsp3) is 0.100. The maximum absolute atomic E-state index is 13.7. The minimum atomic E-state index is -4.22. The number of hydrogen-bond donors (Lipinski definition) is 1. The molecule has 21 heavy (non-hydrogen) atoms. The number of anilines is 1. The molecule has 0 spiro atoms. The number of nitrogens with one attached hydrogen (secondary N) is 1. The molecular formula is C10H7ClFN3O4S2. The van der Waals surface area contributed by atoms with Gasteiger partial charge in [-0.1, -0.05) is 29.0 Å². The molecule has 2 rings (SSSR count). The van der Waals surface area contributed by atoms with Crippen LogP contribution in [0.5, 0.6) is 0 Å². The van der Waals surface area contributed by atoms with Gasteiger partial charge in [-0.15, -0.1) is 0 Å². The maximum Gasteiger partial charge on any atom is 0.296 e. The maximum atomic E-state index is 13.7. The van der Waals surface area contributed by atoms with Crippen LogP contribution in [0.4, 0.5) is 15.8 Å². The van der Waals surface area contributed by atoms with Gasteiger partial charge in [0.2, 0.25) is 0 Å². The van der Waals surface area contributed by atoms with Crippen molar-refractivity contribution in [2.45, 2.75) is 11.1 Å². The zero-order chi connectivity index (χ0) is 15.8. The van der Waals surface area contributed by atoms with Gasteiger partial charge in [0, 0.05) is 6.07 Å². The molecule has 0 amide bonds. The summed E-state index contributed by atoms with van der Waals surface area (Å²) in [6, 6.07) is 3.02. The van der Waals surface area contributed by atoms with E-state index in [0.717, 1.165) is 18.2 Å². The van der Waals surface area contributed by atoms with Gasteiger partial charge in [0.05, 0.1) is 10.6 Å². The van der Waals surface area contributed by atoms with E-state index in [1.165, 1.54) is 6.92 Å². The fourth-order valence-electron chi connectivity index (χ4n) is 1.55. The molecular weight excluding hydrogens is 345 g/mol. The van der Waals surface area contributed by atoms with Gasteiger partial charge >= 0.3 is 0 Å². The number of benzene rings is 1. The number of nitro benzene ring substituents is 1. The number of thiazole rings is 1. The van der Waals surface area contributed by atoms with Crippen molar-refractivity contribution >= 4 is 44.3 Å². The Hall–Kier alpha value is -1.78. The average Bonchev–Trinajstić information content (AvgIpc) is 2.71. The predicted molar refractivity (Wildman–Crippen MR) is 75.7 cm³/mol. The van der Waals surface area contributed by atoms with Crippen molar-refractivity contribution in [3.05, 3.63) is 44.3 Å². The Balaban J connectivity index is 2.52. The number of nitrogens with zero attached hydrogens (tertiary/aromatic N) is 2. The zero-order valence-electron chi connectivity index (χ0n) is 10.3. The predicted octanol–water partition coefficient (Wildman–Crippen LogP) is 2.95. The van der Waals surface area contributed by atoms with Crippen LogP contribution in [0.2, 0.25) is 4.47 Å². The third-order valence-corrected chi connectivity index (χ3v) is 5.62. The van der Waals surface area contributed by atoms with Gasteiger partial charge in [0.25, 0.3) is 15.7 Å². The standard InChI is InChI=1S/C10H7ClFN3O4S2/c1-5-9(20-10(11)13-5)21(18,19)14-8-6(12)3-2-4-7(8)15(16)17/h2-4,14H,1H3. The van der Waals surface area contributed by atoms with Gasteiger partial charge in [-0.2, -0.15) is 0 Å². The summed E-state index contributed by atoms with van der Waals surface area (Å²) in [4.78, 5) is 13.7. The molecule has 0 aliphatic carbocycles. The normalized spacial score (nSPS) is 11.4. The van der Waals surface area contributed by atoms with Crippen LogP contribution in [-0.2, 0) is 10.0 Å². The molecule has 112 valence electrons. The molecule has 2 aromatic rings. The van der Waals surface area contributed by atoms with Crippen molar-refractivity contribution in [3.63, 3.8) is 0 Å². The molecule has 1 aromatic carbocycles. The molecule has 0 bridgehead atoms. The van der Waals surface area contributed by atoms with E-state index in [0.29, 0.717) is 11.3 Å². The smallest absolute Gasteiger partial charge is 0.270 e. The second-order valence-electron chi connectivity index (χ2n) is 3.84. The molecule has 0 aliphatic heterocycles. The Kier molecular flexibility index (Phi) is 4.12. The molecule has 0 radical (unpaired) electrons. The van der Waals surface area contributed by atoms with E-state index in [1.54, 1.807) is 0 Å². The Labute approximate surface area is 127 Å². The van der Waals surface area contributed by atoms with E-state index >= 15 is 0 Å². The van der Waals surface area contributed by atoms with E-state index in [-0.39, 0.29) is 14.4 Å². The summed E-state index contributed by atoms with van der Waals surface area (Å²) >= 11 is 6.29. The van der Waals surface area contributed by atoms with Gasteiger partial charge in [-0.3, -0.25) is 14.8 Å². The van der Waals surface area contributed by atoms with E-state index in [1.807, 2.05) is 4.72 Å². The number of rotatable bonds is 4. The fourth-order valence-corrected chi connectivity index (χ4v) is 4.37. The summed E-state index contributed by atoms with van der Waals surface area (Å²) in [7, 11) is -4.22. The minimum Gasteiger partial charge on any atom is -0.270 e.